The fraction of sp³-hybridized carbons (Fsp3) is 0. The highest BCUT2D eigenvalue weighted by atomic mass is 32.1. The number of hydrazine groups is 1. The fourth-order valence-electron chi connectivity index (χ4n) is 2.50. The third-order valence-corrected chi connectivity index (χ3v) is 4.87. The van der Waals surface area contributed by atoms with Crippen molar-refractivity contribution in [3.05, 3.63) is 83.7 Å². The van der Waals surface area contributed by atoms with Crippen molar-refractivity contribution in [3.8, 4) is 22.0 Å². The summed E-state index contributed by atoms with van der Waals surface area (Å²) in [7, 11) is 0. The predicted octanol–water partition coefficient (Wildman–Crippen LogP) is 3.54. The molecule has 0 spiro atoms. The quantitative estimate of drug-likeness (QED) is 0.520. The minimum atomic E-state index is -0.508. The molecule has 4 aromatic rings. The summed E-state index contributed by atoms with van der Waals surface area (Å²) in [6.07, 6.45) is 3.05. The van der Waals surface area contributed by atoms with Gasteiger partial charge in [-0.1, -0.05) is 36.4 Å². The average Bonchev–Trinajstić information content (AvgIpc) is 3.43. The van der Waals surface area contributed by atoms with Gasteiger partial charge in [0.05, 0.1) is 12.0 Å². The van der Waals surface area contributed by atoms with Crippen molar-refractivity contribution < 1.29 is 14.0 Å². The Morgan fingerprint density at radius 1 is 0.893 bits per heavy atom. The molecule has 138 valence electrons. The predicted molar refractivity (Wildman–Crippen MR) is 104 cm³/mol. The molecule has 0 unspecified atom stereocenters. The summed E-state index contributed by atoms with van der Waals surface area (Å²) in [6, 6.07) is 17.8. The Balaban J connectivity index is 1.60. The standard InChI is InChI=1S/C20H14N4O3S/c25-18(14-9-4-5-11-21-14)23-24-19(26)17-16(13-7-2-1-3-8-13)22-20(28-17)15-10-6-12-27-15/h1-12H,(H,23,25)(H,24,26). The van der Waals surface area contributed by atoms with E-state index in [0.717, 1.165) is 5.56 Å². The van der Waals surface area contributed by atoms with Crippen molar-refractivity contribution in [1.82, 2.24) is 20.8 Å². The zero-order valence-corrected chi connectivity index (χ0v) is 15.3. The molecule has 8 heteroatoms. The highest BCUT2D eigenvalue weighted by molar-refractivity contribution is 7.17. The Labute approximate surface area is 164 Å². The molecule has 0 aliphatic carbocycles. The van der Waals surface area contributed by atoms with Crippen LogP contribution in [0, 0.1) is 0 Å². The number of thiazole rings is 1. The zero-order chi connectivity index (χ0) is 19.3. The van der Waals surface area contributed by atoms with E-state index in [-0.39, 0.29) is 5.69 Å². The van der Waals surface area contributed by atoms with Crippen molar-refractivity contribution in [1.29, 1.82) is 0 Å². The van der Waals surface area contributed by atoms with Gasteiger partial charge in [0.15, 0.2) is 10.8 Å². The number of carbonyl (C=O) groups is 2. The van der Waals surface area contributed by atoms with Gasteiger partial charge in [0.1, 0.15) is 10.6 Å². The summed E-state index contributed by atoms with van der Waals surface area (Å²) in [4.78, 5) is 33.7. The lowest BCUT2D eigenvalue weighted by Crippen LogP contribution is -2.41. The zero-order valence-electron chi connectivity index (χ0n) is 14.5. The second kappa shape index (κ2) is 7.85. The average molecular weight is 390 g/mol. The topological polar surface area (TPSA) is 97.1 Å². The number of carbonyl (C=O) groups excluding carboxylic acids is 2. The van der Waals surface area contributed by atoms with Crippen molar-refractivity contribution >= 4 is 23.2 Å². The number of hydrogen-bond donors (Lipinski definition) is 2. The minimum Gasteiger partial charge on any atom is -0.462 e. The SMILES string of the molecule is O=C(NNC(=O)c1sc(-c2ccco2)nc1-c1ccccc1)c1ccccn1. The molecule has 4 rings (SSSR count). The van der Waals surface area contributed by atoms with E-state index < -0.39 is 11.8 Å². The second-order valence-electron chi connectivity index (χ2n) is 5.66. The molecule has 0 aliphatic rings. The fourth-order valence-corrected chi connectivity index (χ4v) is 3.45. The number of aromatic nitrogens is 2. The molecule has 3 aromatic heterocycles. The van der Waals surface area contributed by atoms with Crippen LogP contribution in [0.15, 0.2) is 77.5 Å². The van der Waals surface area contributed by atoms with E-state index in [4.69, 9.17) is 4.42 Å². The van der Waals surface area contributed by atoms with Crippen molar-refractivity contribution in [2.24, 2.45) is 0 Å². The van der Waals surface area contributed by atoms with E-state index in [1.165, 1.54) is 17.5 Å². The molecule has 0 radical (unpaired) electrons. The van der Waals surface area contributed by atoms with Crippen LogP contribution in [0.2, 0.25) is 0 Å². The number of amides is 2. The molecule has 0 fully saturated rings. The van der Waals surface area contributed by atoms with Crippen LogP contribution in [0.3, 0.4) is 0 Å². The van der Waals surface area contributed by atoms with Gasteiger partial charge in [-0.3, -0.25) is 25.4 Å². The van der Waals surface area contributed by atoms with Gasteiger partial charge in [-0.2, -0.15) is 0 Å². The lowest BCUT2D eigenvalue weighted by molar-refractivity contribution is 0.0846. The summed E-state index contributed by atoms with van der Waals surface area (Å²) in [5.41, 5.74) is 6.31. The summed E-state index contributed by atoms with van der Waals surface area (Å²) >= 11 is 1.18. The van der Waals surface area contributed by atoms with Crippen LogP contribution in [0.25, 0.3) is 22.0 Å². The molecule has 0 bridgehead atoms. The highest BCUT2D eigenvalue weighted by Crippen LogP contribution is 2.33. The van der Waals surface area contributed by atoms with E-state index in [1.54, 1.807) is 36.6 Å². The van der Waals surface area contributed by atoms with Gasteiger partial charge >= 0.3 is 0 Å². The molecule has 2 amide bonds. The Morgan fingerprint density at radius 2 is 1.68 bits per heavy atom. The first-order chi connectivity index (χ1) is 13.7. The molecule has 28 heavy (non-hydrogen) atoms. The third kappa shape index (κ3) is 3.67. The monoisotopic (exact) mass is 390 g/mol. The highest BCUT2D eigenvalue weighted by Gasteiger charge is 2.22. The normalized spacial score (nSPS) is 10.4. The largest absolute Gasteiger partial charge is 0.462 e. The maximum atomic E-state index is 12.8. The van der Waals surface area contributed by atoms with Gasteiger partial charge in [-0.05, 0) is 24.3 Å². The third-order valence-electron chi connectivity index (χ3n) is 3.80. The van der Waals surface area contributed by atoms with E-state index in [2.05, 4.69) is 20.8 Å². The number of rotatable bonds is 4. The van der Waals surface area contributed by atoms with E-state index >= 15 is 0 Å². The summed E-state index contributed by atoms with van der Waals surface area (Å²) in [5.74, 6) is -0.414. The molecule has 1 aromatic carbocycles. The van der Waals surface area contributed by atoms with Crippen LogP contribution in [0.4, 0.5) is 0 Å². The van der Waals surface area contributed by atoms with Gasteiger partial charge in [0.2, 0.25) is 0 Å². The molecule has 0 saturated heterocycles. The Hall–Kier alpha value is -3.78. The van der Waals surface area contributed by atoms with Crippen LogP contribution in [-0.2, 0) is 0 Å². The van der Waals surface area contributed by atoms with Gasteiger partial charge < -0.3 is 4.42 Å². The van der Waals surface area contributed by atoms with E-state index in [1.807, 2.05) is 30.3 Å². The lowest BCUT2D eigenvalue weighted by atomic mass is 10.1. The molecule has 2 N–H and O–H groups in total. The lowest BCUT2D eigenvalue weighted by Gasteiger charge is -2.07. The van der Waals surface area contributed by atoms with Crippen molar-refractivity contribution in [2.75, 3.05) is 0 Å². The van der Waals surface area contributed by atoms with Gasteiger partial charge in [-0.25, -0.2) is 4.98 Å². The summed E-state index contributed by atoms with van der Waals surface area (Å²) < 4.78 is 5.40. The van der Waals surface area contributed by atoms with E-state index in [9.17, 15) is 9.59 Å². The number of nitrogens with one attached hydrogen (secondary N) is 2. The minimum absolute atomic E-state index is 0.201. The Kier molecular flexibility index (Phi) is 4.94. The molecule has 3 heterocycles. The van der Waals surface area contributed by atoms with Gasteiger partial charge in [0, 0.05) is 11.8 Å². The first-order valence-electron chi connectivity index (χ1n) is 8.34. The van der Waals surface area contributed by atoms with Crippen LogP contribution < -0.4 is 10.9 Å². The van der Waals surface area contributed by atoms with Crippen LogP contribution in [0.5, 0.6) is 0 Å². The molecule has 7 nitrogen and oxygen atoms in total. The van der Waals surface area contributed by atoms with Gasteiger partial charge in [0.25, 0.3) is 11.8 Å². The van der Waals surface area contributed by atoms with Crippen LogP contribution >= 0.6 is 11.3 Å². The molecular formula is C20H14N4O3S. The van der Waals surface area contributed by atoms with Crippen molar-refractivity contribution in [2.45, 2.75) is 0 Å². The number of furan rings is 1. The molecular weight excluding hydrogens is 376 g/mol. The molecule has 0 atom stereocenters. The maximum Gasteiger partial charge on any atom is 0.288 e. The Morgan fingerprint density at radius 3 is 2.39 bits per heavy atom. The summed E-state index contributed by atoms with van der Waals surface area (Å²) in [5, 5.41) is 0.574. The number of hydrogen-bond acceptors (Lipinski definition) is 6. The number of nitrogens with zero attached hydrogens (tertiary/aromatic N) is 2. The van der Waals surface area contributed by atoms with Gasteiger partial charge in [-0.15, -0.1) is 11.3 Å². The van der Waals surface area contributed by atoms with Crippen LogP contribution in [-0.4, -0.2) is 21.8 Å². The Bertz CT molecular complexity index is 1090. The summed E-state index contributed by atoms with van der Waals surface area (Å²) in [6.45, 7) is 0. The number of pyridine rings is 1. The first-order valence-corrected chi connectivity index (χ1v) is 9.16. The van der Waals surface area contributed by atoms with E-state index in [0.29, 0.717) is 21.3 Å². The first kappa shape index (κ1) is 17.6. The smallest absolute Gasteiger partial charge is 0.288 e. The second-order valence-corrected chi connectivity index (χ2v) is 6.66. The van der Waals surface area contributed by atoms with Crippen LogP contribution in [0.1, 0.15) is 20.2 Å². The molecule has 0 aliphatic heterocycles. The molecule has 0 saturated carbocycles. The number of benzene rings is 1. The maximum absolute atomic E-state index is 12.8. The van der Waals surface area contributed by atoms with Crippen molar-refractivity contribution in [3.63, 3.8) is 0 Å².